The van der Waals surface area contributed by atoms with Crippen LogP contribution in [0.2, 0.25) is 6.04 Å². The number of rotatable bonds is 3. The van der Waals surface area contributed by atoms with Gasteiger partial charge in [0.25, 0.3) is 0 Å². The molecule has 0 aromatic carbocycles. The van der Waals surface area contributed by atoms with Crippen LogP contribution in [0, 0.1) is 0 Å². The molecule has 1 rings (SSSR count). The van der Waals surface area contributed by atoms with Crippen molar-refractivity contribution in [2.24, 2.45) is 0 Å². The highest BCUT2D eigenvalue weighted by Gasteiger charge is 2.39. The zero-order chi connectivity index (χ0) is 10.4. The van der Waals surface area contributed by atoms with E-state index in [1.165, 1.54) is 0 Å². The summed E-state index contributed by atoms with van der Waals surface area (Å²) in [4.78, 5) is 2.39. The summed E-state index contributed by atoms with van der Waals surface area (Å²) in [5.41, 5.74) is 0. The lowest BCUT2D eigenvalue weighted by Gasteiger charge is -2.31. The summed E-state index contributed by atoms with van der Waals surface area (Å²) in [5, 5.41) is 0. The molecule has 1 aliphatic heterocycles. The van der Waals surface area contributed by atoms with E-state index in [9.17, 15) is 0 Å². The minimum absolute atomic E-state index is 0.724. The lowest BCUT2D eigenvalue weighted by Crippen LogP contribution is -2.48. The second-order valence-electron chi connectivity index (χ2n) is 3.48. The van der Waals surface area contributed by atoms with Crippen molar-refractivity contribution in [1.29, 1.82) is 0 Å². The maximum absolute atomic E-state index is 5.75. The first kappa shape index (κ1) is 12.1. The van der Waals surface area contributed by atoms with Crippen molar-refractivity contribution in [3.63, 3.8) is 0 Å². The maximum atomic E-state index is 5.75. The molecule has 0 aromatic rings. The van der Waals surface area contributed by atoms with Crippen molar-refractivity contribution in [3.05, 3.63) is 0 Å². The van der Waals surface area contributed by atoms with E-state index in [4.69, 9.17) is 13.3 Å². The molecule has 0 saturated carbocycles. The minimum atomic E-state index is -2.28. The van der Waals surface area contributed by atoms with Crippen molar-refractivity contribution < 1.29 is 13.3 Å². The zero-order valence-electron chi connectivity index (χ0n) is 9.41. The molecule has 0 aromatic heterocycles. The summed E-state index contributed by atoms with van der Waals surface area (Å²) in [5.74, 6) is 0. The van der Waals surface area contributed by atoms with Crippen molar-refractivity contribution in [1.82, 2.24) is 4.90 Å². The van der Waals surface area contributed by atoms with Gasteiger partial charge in [0.05, 0.1) is 6.61 Å². The van der Waals surface area contributed by atoms with Crippen LogP contribution in [0.4, 0.5) is 0 Å². The van der Waals surface area contributed by atoms with Gasteiger partial charge in [0.15, 0.2) is 0 Å². The Balaban J connectivity index is 2.46. The third kappa shape index (κ3) is 3.03. The average molecular weight is 219 g/mol. The Morgan fingerprint density at radius 1 is 1.29 bits per heavy atom. The summed E-state index contributed by atoms with van der Waals surface area (Å²) >= 11 is 0. The summed E-state index contributed by atoms with van der Waals surface area (Å²) in [7, 11) is 1.10. The Morgan fingerprint density at radius 3 is 2.57 bits per heavy atom. The van der Waals surface area contributed by atoms with E-state index in [1.54, 1.807) is 14.2 Å². The van der Waals surface area contributed by atoms with Crippen LogP contribution in [-0.2, 0) is 13.3 Å². The number of hydrogen-bond acceptors (Lipinski definition) is 4. The molecule has 1 fully saturated rings. The van der Waals surface area contributed by atoms with Gasteiger partial charge in [-0.25, -0.2) is 0 Å². The van der Waals surface area contributed by atoms with Crippen molar-refractivity contribution >= 4 is 8.80 Å². The molecule has 0 radical (unpaired) electrons. The molecule has 5 heteroatoms. The van der Waals surface area contributed by atoms with Crippen LogP contribution >= 0.6 is 0 Å². The van der Waals surface area contributed by atoms with Crippen LogP contribution in [0.25, 0.3) is 0 Å². The summed E-state index contributed by atoms with van der Waals surface area (Å²) in [6, 6.07) is 0.927. The van der Waals surface area contributed by atoms with Gasteiger partial charge in [-0.3, -0.25) is 0 Å². The first-order chi connectivity index (χ1) is 6.76. The lowest BCUT2D eigenvalue weighted by atomic mass is 10.4. The Kier molecular flexibility index (Phi) is 5.04. The van der Waals surface area contributed by atoms with E-state index >= 15 is 0 Å². The number of likely N-dealkylation sites (N-methyl/N-ethyl adjacent to an activating group) is 1. The third-order valence-electron chi connectivity index (χ3n) is 2.76. The first-order valence-electron chi connectivity index (χ1n) is 5.23. The van der Waals surface area contributed by atoms with E-state index in [0.717, 1.165) is 38.7 Å². The van der Waals surface area contributed by atoms with Crippen LogP contribution in [0.1, 0.15) is 13.3 Å². The highest BCUT2D eigenvalue weighted by Crippen LogP contribution is 2.18. The van der Waals surface area contributed by atoms with Crippen LogP contribution < -0.4 is 0 Å². The highest BCUT2D eigenvalue weighted by molar-refractivity contribution is 6.60. The molecule has 4 nitrogen and oxygen atoms in total. The maximum Gasteiger partial charge on any atom is 0.500 e. The van der Waals surface area contributed by atoms with Gasteiger partial charge in [0.2, 0.25) is 0 Å². The molecule has 0 atom stereocenters. The molecular weight excluding hydrogens is 198 g/mol. The molecule has 0 N–H and O–H groups in total. The second kappa shape index (κ2) is 5.82. The summed E-state index contributed by atoms with van der Waals surface area (Å²) < 4.78 is 16.6. The largest absolute Gasteiger partial charge is 0.500 e. The van der Waals surface area contributed by atoms with E-state index in [0.29, 0.717) is 0 Å². The smallest absolute Gasteiger partial charge is 0.377 e. The van der Waals surface area contributed by atoms with Crippen molar-refractivity contribution in [2.45, 2.75) is 19.4 Å². The SMILES string of the molecule is CCN1CCC[Si](OC)(OC)OCC1. The Bertz CT molecular complexity index is 152. The molecule has 0 aliphatic carbocycles. The first-order valence-corrected chi connectivity index (χ1v) is 7.16. The monoisotopic (exact) mass is 219 g/mol. The van der Waals surface area contributed by atoms with Gasteiger partial charge < -0.3 is 18.2 Å². The molecule has 1 heterocycles. The third-order valence-corrected chi connectivity index (χ3v) is 5.61. The van der Waals surface area contributed by atoms with Gasteiger partial charge in [-0.15, -0.1) is 0 Å². The van der Waals surface area contributed by atoms with Gasteiger partial charge in [-0.1, -0.05) is 6.92 Å². The van der Waals surface area contributed by atoms with Crippen LogP contribution in [0.3, 0.4) is 0 Å². The van der Waals surface area contributed by atoms with Gasteiger partial charge >= 0.3 is 8.80 Å². The fraction of sp³-hybridized carbons (Fsp3) is 1.00. The van der Waals surface area contributed by atoms with E-state index in [2.05, 4.69) is 11.8 Å². The molecule has 0 unspecified atom stereocenters. The average Bonchev–Trinajstić information content (AvgIpc) is 2.19. The molecule has 14 heavy (non-hydrogen) atoms. The Morgan fingerprint density at radius 2 is 2.00 bits per heavy atom. The van der Waals surface area contributed by atoms with Crippen molar-refractivity contribution in [3.8, 4) is 0 Å². The lowest BCUT2D eigenvalue weighted by molar-refractivity contribution is 0.0752. The van der Waals surface area contributed by atoms with E-state index in [1.807, 2.05) is 0 Å². The molecule has 1 aliphatic rings. The van der Waals surface area contributed by atoms with Crippen molar-refractivity contribution in [2.75, 3.05) is 40.5 Å². The van der Waals surface area contributed by atoms with E-state index in [-0.39, 0.29) is 0 Å². The topological polar surface area (TPSA) is 30.9 Å². The Labute approximate surface area is 87.5 Å². The Hall–Kier alpha value is 0.0569. The normalized spacial score (nSPS) is 24.2. The predicted molar refractivity (Wildman–Crippen MR) is 57.3 cm³/mol. The predicted octanol–water partition coefficient (Wildman–Crippen LogP) is 0.960. The molecule has 0 bridgehead atoms. The summed E-state index contributed by atoms with van der Waals surface area (Å²) in [6.45, 7) is 6.11. The van der Waals surface area contributed by atoms with Gasteiger partial charge in [-0.05, 0) is 19.5 Å². The molecule has 0 spiro atoms. The highest BCUT2D eigenvalue weighted by atomic mass is 28.4. The van der Waals surface area contributed by atoms with Crippen LogP contribution in [0.15, 0.2) is 0 Å². The quantitative estimate of drug-likeness (QED) is 0.662. The molecule has 0 amide bonds. The fourth-order valence-corrected chi connectivity index (χ4v) is 3.70. The summed E-state index contributed by atoms with van der Waals surface area (Å²) in [6.07, 6.45) is 1.10. The van der Waals surface area contributed by atoms with Crippen LogP contribution in [0.5, 0.6) is 0 Å². The zero-order valence-corrected chi connectivity index (χ0v) is 10.4. The molecular formula is C9H21NO3Si. The molecule has 84 valence electrons. The second-order valence-corrected chi connectivity index (χ2v) is 6.45. The van der Waals surface area contributed by atoms with Gasteiger partial charge in [-0.2, -0.15) is 0 Å². The van der Waals surface area contributed by atoms with E-state index < -0.39 is 8.80 Å². The standard InChI is InChI=1S/C9H21NO3Si/c1-4-10-6-5-9-14(11-2,12-3)13-8-7-10/h4-9H2,1-3H3. The number of nitrogens with zero attached hydrogens (tertiary/aromatic N) is 1. The van der Waals surface area contributed by atoms with Gasteiger partial charge in [0, 0.05) is 26.8 Å². The van der Waals surface area contributed by atoms with Crippen LogP contribution in [-0.4, -0.2) is 54.2 Å². The number of hydrogen-bond donors (Lipinski definition) is 0. The molecule has 1 saturated heterocycles. The fourth-order valence-electron chi connectivity index (χ4n) is 1.75. The minimum Gasteiger partial charge on any atom is -0.377 e. The van der Waals surface area contributed by atoms with Gasteiger partial charge in [0.1, 0.15) is 0 Å².